The number of benzene rings is 1. The maximum absolute atomic E-state index is 13.1. The summed E-state index contributed by atoms with van der Waals surface area (Å²) in [7, 11) is 0. The van der Waals surface area contributed by atoms with E-state index in [1.54, 1.807) is 4.57 Å². The molecule has 1 saturated heterocycles. The van der Waals surface area contributed by atoms with Gasteiger partial charge >= 0.3 is 0 Å². The van der Waals surface area contributed by atoms with E-state index in [0.29, 0.717) is 16.5 Å². The number of hydrogen-bond donors (Lipinski definition) is 1. The summed E-state index contributed by atoms with van der Waals surface area (Å²) in [4.78, 5) is 34.0. The molecule has 0 spiro atoms. The number of para-hydroxylation sites is 1. The average molecular weight is 480 g/mol. The van der Waals surface area contributed by atoms with Gasteiger partial charge in [-0.2, -0.15) is 4.98 Å². The molecule has 1 aromatic carbocycles. The van der Waals surface area contributed by atoms with E-state index in [-0.39, 0.29) is 17.2 Å². The van der Waals surface area contributed by atoms with Crippen LogP contribution in [0, 0.1) is 17.8 Å². The summed E-state index contributed by atoms with van der Waals surface area (Å²) in [6, 6.07) is 10.9. The van der Waals surface area contributed by atoms with Gasteiger partial charge in [0.2, 0.25) is 5.91 Å². The van der Waals surface area contributed by atoms with Crippen molar-refractivity contribution in [1.29, 1.82) is 0 Å². The lowest BCUT2D eigenvalue weighted by molar-refractivity contribution is -0.135. The van der Waals surface area contributed by atoms with Crippen LogP contribution >= 0.6 is 11.8 Å². The van der Waals surface area contributed by atoms with E-state index < -0.39 is 0 Å². The number of nitrogens with zero attached hydrogens (tertiary/aromatic N) is 4. The van der Waals surface area contributed by atoms with E-state index in [1.165, 1.54) is 56.4 Å². The Kier molecular flexibility index (Phi) is 5.68. The van der Waals surface area contributed by atoms with Gasteiger partial charge < -0.3 is 10.6 Å². The van der Waals surface area contributed by atoms with Gasteiger partial charge in [0.15, 0.2) is 5.16 Å². The van der Waals surface area contributed by atoms with E-state index in [1.807, 2.05) is 35.2 Å². The average Bonchev–Trinajstić information content (AvgIpc) is 2.82. The van der Waals surface area contributed by atoms with Crippen molar-refractivity contribution in [2.24, 2.45) is 17.8 Å². The maximum Gasteiger partial charge on any atom is 0.275 e. The fraction of sp³-hybridized carbons (Fsp3) is 0.577. The van der Waals surface area contributed by atoms with Crippen molar-refractivity contribution in [3.8, 4) is 5.69 Å². The normalized spacial score (nSPS) is 30.6. The van der Waals surface area contributed by atoms with Gasteiger partial charge in [0.05, 0.1) is 5.75 Å². The Labute approximate surface area is 204 Å². The summed E-state index contributed by atoms with van der Waals surface area (Å²) >= 11 is 1.29. The number of amides is 1. The first-order valence-corrected chi connectivity index (χ1v) is 13.6. The van der Waals surface area contributed by atoms with Crippen LogP contribution in [0.1, 0.15) is 38.5 Å². The Morgan fingerprint density at radius 1 is 1.00 bits per heavy atom. The minimum atomic E-state index is -0.385. The van der Waals surface area contributed by atoms with E-state index in [9.17, 15) is 9.59 Å². The van der Waals surface area contributed by atoms with Gasteiger partial charge in [0, 0.05) is 43.5 Å². The molecule has 2 aromatic rings. The van der Waals surface area contributed by atoms with Crippen molar-refractivity contribution >= 4 is 23.5 Å². The molecule has 1 aliphatic heterocycles. The van der Waals surface area contributed by atoms with Crippen LogP contribution in [0.25, 0.3) is 5.69 Å². The highest BCUT2D eigenvalue weighted by Crippen LogP contribution is 2.57. The fourth-order valence-electron chi connectivity index (χ4n) is 7.51. The van der Waals surface area contributed by atoms with Crippen LogP contribution in [0.4, 0.5) is 5.82 Å². The van der Waals surface area contributed by atoms with Crippen LogP contribution in [-0.4, -0.2) is 62.7 Å². The zero-order valence-electron chi connectivity index (χ0n) is 19.6. The zero-order chi connectivity index (χ0) is 23.3. The summed E-state index contributed by atoms with van der Waals surface area (Å²) in [5, 5.41) is 0.455. The molecule has 8 heteroatoms. The second kappa shape index (κ2) is 8.72. The van der Waals surface area contributed by atoms with Crippen LogP contribution in [0.5, 0.6) is 0 Å². The minimum Gasteiger partial charge on any atom is -0.385 e. The first-order chi connectivity index (χ1) is 16.5. The number of nitrogens with two attached hydrogens (primary N) is 1. The standard InChI is InChI=1S/C26H33N5O2S/c27-22-13-23(32)28-25(31(22)21-4-2-1-3-5-21)34-17-24(33)29-6-8-30(9-7-29)26-14-18-10-19(15-26)12-20(11-18)16-26/h1-5,13,18-20H,6-12,14-17,27H2. The van der Waals surface area contributed by atoms with Crippen LogP contribution in [0.2, 0.25) is 0 Å². The molecule has 180 valence electrons. The number of piperazine rings is 1. The van der Waals surface area contributed by atoms with Crippen LogP contribution in [0.3, 0.4) is 0 Å². The number of carbonyl (C=O) groups is 1. The molecule has 0 radical (unpaired) electrons. The predicted octanol–water partition coefficient (Wildman–Crippen LogP) is 3.02. The number of hydrogen-bond acceptors (Lipinski definition) is 6. The van der Waals surface area contributed by atoms with Crippen molar-refractivity contribution in [2.75, 3.05) is 37.7 Å². The summed E-state index contributed by atoms with van der Waals surface area (Å²) in [5.74, 6) is 3.50. The quantitative estimate of drug-likeness (QED) is 0.524. The number of anilines is 1. The number of carbonyl (C=O) groups excluding carboxylic acids is 1. The van der Waals surface area contributed by atoms with Crippen molar-refractivity contribution in [3.05, 3.63) is 46.8 Å². The number of thioether (sulfide) groups is 1. The van der Waals surface area contributed by atoms with E-state index in [0.717, 1.165) is 49.6 Å². The smallest absolute Gasteiger partial charge is 0.275 e. The Morgan fingerprint density at radius 3 is 2.24 bits per heavy atom. The second-order valence-corrected chi connectivity index (χ2v) is 11.7. The highest BCUT2D eigenvalue weighted by Gasteiger charge is 2.53. The molecule has 1 aromatic heterocycles. The Balaban J connectivity index is 1.10. The van der Waals surface area contributed by atoms with Crippen LogP contribution in [-0.2, 0) is 4.79 Å². The van der Waals surface area contributed by atoms with Crippen molar-refractivity contribution < 1.29 is 4.79 Å². The van der Waals surface area contributed by atoms with Crippen LogP contribution < -0.4 is 11.3 Å². The van der Waals surface area contributed by atoms with Gasteiger partial charge in [-0.25, -0.2) is 0 Å². The van der Waals surface area contributed by atoms with Crippen LogP contribution in [0.15, 0.2) is 46.3 Å². The monoisotopic (exact) mass is 479 g/mol. The van der Waals surface area contributed by atoms with E-state index in [2.05, 4.69) is 9.88 Å². The molecule has 7 nitrogen and oxygen atoms in total. The SMILES string of the molecule is Nc1cc(=O)nc(SCC(=O)N2CCN(C34CC5CC(CC(C5)C3)C4)CC2)n1-c1ccccc1. The third-order valence-corrected chi connectivity index (χ3v) is 9.50. The van der Waals surface area contributed by atoms with Crippen molar-refractivity contribution in [3.63, 3.8) is 0 Å². The minimum absolute atomic E-state index is 0.103. The van der Waals surface area contributed by atoms with Crippen molar-refractivity contribution in [2.45, 2.75) is 49.2 Å². The third-order valence-electron chi connectivity index (χ3n) is 8.57. The van der Waals surface area contributed by atoms with Gasteiger partial charge in [-0.15, -0.1) is 0 Å². The maximum atomic E-state index is 13.1. The topological polar surface area (TPSA) is 84.5 Å². The Morgan fingerprint density at radius 2 is 1.62 bits per heavy atom. The first-order valence-electron chi connectivity index (χ1n) is 12.6. The van der Waals surface area contributed by atoms with Gasteiger partial charge in [0.1, 0.15) is 5.82 Å². The molecule has 4 aliphatic carbocycles. The molecule has 2 heterocycles. The van der Waals surface area contributed by atoms with Gasteiger partial charge in [-0.05, 0) is 68.4 Å². The van der Waals surface area contributed by atoms with Gasteiger partial charge in [0.25, 0.3) is 5.56 Å². The number of aromatic nitrogens is 2. The molecule has 0 atom stereocenters. The molecular weight excluding hydrogens is 446 g/mol. The Bertz CT molecular complexity index is 1090. The highest BCUT2D eigenvalue weighted by atomic mass is 32.2. The number of rotatable bonds is 5. The van der Waals surface area contributed by atoms with Gasteiger partial charge in [-0.3, -0.25) is 19.1 Å². The lowest BCUT2D eigenvalue weighted by Gasteiger charge is -2.61. The molecular formula is C26H33N5O2S. The first kappa shape index (κ1) is 22.2. The molecule has 34 heavy (non-hydrogen) atoms. The molecule has 5 aliphatic rings. The second-order valence-electron chi connectivity index (χ2n) is 10.8. The number of nitrogen functional groups attached to an aromatic ring is 1. The summed E-state index contributed by atoms with van der Waals surface area (Å²) in [6.07, 6.45) is 8.51. The van der Waals surface area contributed by atoms with Gasteiger partial charge in [-0.1, -0.05) is 30.0 Å². The lowest BCUT2D eigenvalue weighted by atomic mass is 9.52. The predicted molar refractivity (Wildman–Crippen MR) is 134 cm³/mol. The van der Waals surface area contributed by atoms with E-state index in [4.69, 9.17) is 5.73 Å². The summed E-state index contributed by atoms with van der Waals surface area (Å²) in [6.45, 7) is 3.54. The molecule has 1 amide bonds. The molecule has 0 unspecified atom stereocenters. The molecule has 5 fully saturated rings. The molecule has 2 N–H and O–H groups in total. The summed E-state index contributed by atoms with van der Waals surface area (Å²) in [5.41, 5.74) is 7.00. The fourth-order valence-corrected chi connectivity index (χ4v) is 8.44. The Hall–Kier alpha value is -2.32. The highest BCUT2D eigenvalue weighted by molar-refractivity contribution is 7.99. The lowest BCUT2D eigenvalue weighted by Crippen LogP contribution is -2.64. The third kappa shape index (κ3) is 4.05. The molecule has 4 bridgehead atoms. The van der Waals surface area contributed by atoms with Crippen molar-refractivity contribution in [1.82, 2.24) is 19.4 Å². The zero-order valence-corrected chi connectivity index (χ0v) is 20.4. The largest absolute Gasteiger partial charge is 0.385 e. The molecule has 7 rings (SSSR count). The van der Waals surface area contributed by atoms with E-state index >= 15 is 0 Å². The molecule has 4 saturated carbocycles. The summed E-state index contributed by atoms with van der Waals surface area (Å²) < 4.78 is 1.74.